The minimum Gasteiger partial charge on any atom is -0.477 e. The first-order valence-electron chi connectivity index (χ1n) is 6.27. The normalized spacial score (nSPS) is 16.5. The van der Waals surface area contributed by atoms with Crippen molar-refractivity contribution in [3.63, 3.8) is 0 Å². The monoisotopic (exact) mass is 516 g/mol. The van der Waals surface area contributed by atoms with Crippen molar-refractivity contribution in [3.8, 4) is 0 Å². The molecule has 1 N–H and O–H groups in total. The molecule has 0 saturated carbocycles. The summed E-state index contributed by atoms with van der Waals surface area (Å²) in [6, 6.07) is 0. The van der Waals surface area contributed by atoms with Crippen LogP contribution in [0.5, 0.6) is 0 Å². The fraction of sp³-hybridized carbons (Fsp3) is 0.900. The average Bonchev–Trinajstić information content (AvgIpc) is 2.52. The fourth-order valence-electron chi connectivity index (χ4n) is 1.50. The predicted octanol–water partition coefficient (Wildman–Crippen LogP) is 5.72. The molecule has 0 radical (unpaired) electrons. The minimum absolute atomic E-state index is 4.48. The van der Waals surface area contributed by atoms with Gasteiger partial charge in [-0.05, 0) is 0 Å². The quantitative estimate of drug-likeness (QED) is 0.332. The van der Waals surface area contributed by atoms with Gasteiger partial charge < -0.3 is 5.11 Å². The Balaban J connectivity index is 6.95. The molecule has 0 aromatic rings. The summed E-state index contributed by atoms with van der Waals surface area (Å²) in [6.07, 6.45) is -7.95. The second-order valence-corrected chi connectivity index (χ2v) is 5.40. The molecule has 0 aromatic carbocycles. The van der Waals surface area contributed by atoms with Crippen LogP contribution in [-0.4, -0.2) is 64.6 Å². The lowest BCUT2D eigenvalue weighted by Gasteiger charge is -2.43. The van der Waals surface area contributed by atoms with E-state index in [9.17, 15) is 88.2 Å². The van der Waals surface area contributed by atoms with Crippen molar-refractivity contribution in [2.75, 3.05) is 0 Å². The number of alkyl halides is 19. The highest BCUT2D eigenvalue weighted by molar-refractivity contribution is 5.77. The van der Waals surface area contributed by atoms with Crippen LogP contribution in [0.3, 0.4) is 0 Å². The van der Waals surface area contributed by atoms with Crippen LogP contribution in [0.25, 0.3) is 0 Å². The van der Waals surface area contributed by atoms with Gasteiger partial charge in [0.25, 0.3) is 0 Å². The van der Waals surface area contributed by atoms with Crippen molar-refractivity contribution in [2.45, 2.75) is 53.6 Å². The number of carbonyl (C=O) groups is 1. The average molecular weight is 516 g/mol. The number of carboxylic acids is 1. The van der Waals surface area contributed by atoms with Crippen LogP contribution >= 0.6 is 0 Å². The zero-order chi connectivity index (χ0) is 26.1. The highest BCUT2D eigenvalue weighted by Crippen LogP contribution is 2.65. The Kier molecular flexibility index (Phi) is 6.41. The molecule has 31 heavy (non-hydrogen) atoms. The van der Waals surface area contributed by atoms with E-state index in [0.717, 1.165) is 0 Å². The standard InChI is InChI=1S/C10HF19O2/c11-2(12,1(30)31)3(13,14)4(15,16)5(17,18)6(19,20)7(21,22)8(23,24)9(25,26)10(27,28)29/h(H,30,31)/i1+1,2+1. The van der Waals surface area contributed by atoms with Crippen molar-refractivity contribution in [1.82, 2.24) is 0 Å². The van der Waals surface area contributed by atoms with Gasteiger partial charge in [-0.15, -0.1) is 0 Å². The van der Waals surface area contributed by atoms with Gasteiger partial charge in [-0.3, -0.25) is 0 Å². The van der Waals surface area contributed by atoms with E-state index >= 15 is 0 Å². The molecule has 186 valence electrons. The number of carboxylic acid groups (broad SMARTS) is 1. The van der Waals surface area contributed by atoms with Crippen molar-refractivity contribution >= 4 is 5.97 Å². The number of hydrogen-bond donors (Lipinski definition) is 1. The van der Waals surface area contributed by atoms with Gasteiger partial charge in [0.15, 0.2) is 0 Å². The van der Waals surface area contributed by atoms with E-state index in [1.165, 1.54) is 0 Å². The van der Waals surface area contributed by atoms with Crippen molar-refractivity contribution < 1.29 is 93.3 Å². The predicted molar refractivity (Wildman–Crippen MR) is 53.3 cm³/mol. The third-order valence-electron chi connectivity index (χ3n) is 3.38. The van der Waals surface area contributed by atoms with E-state index in [4.69, 9.17) is 5.11 Å². The van der Waals surface area contributed by atoms with Crippen LogP contribution in [0.4, 0.5) is 83.4 Å². The summed E-state index contributed by atoms with van der Waals surface area (Å²) in [5.41, 5.74) is 0. The van der Waals surface area contributed by atoms with Gasteiger partial charge >= 0.3 is 59.5 Å². The largest absolute Gasteiger partial charge is 0.477 e. The Morgan fingerprint density at radius 1 is 0.387 bits per heavy atom. The van der Waals surface area contributed by atoms with Crippen LogP contribution in [0, 0.1) is 0 Å². The first-order valence-corrected chi connectivity index (χ1v) is 6.27. The van der Waals surface area contributed by atoms with Crippen molar-refractivity contribution in [3.05, 3.63) is 0 Å². The molecule has 0 rings (SSSR count). The van der Waals surface area contributed by atoms with Crippen LogP contribution in [0.1, 0.15) is 0 Å². The molecule has 0 aliphatic rings. The minimum atomic E-state index is -9.06. The number of halogens is 19. The van der Waals surface area contributed by atoms with Gasteiger partial charge in [-0.2, -0.15) is 83.4 Å². The first kappa shape index (κ1) is 29.1. The van der Waals surface area contributed by atoms with Crippen LogP contribution < -0.4 is 0 Å². The third-order valence-corrected chi connectivity index (χ3v) is 3.38. The smallest absolute Gasteiger partial charge is 0.460 e. The van der Waals surface area contributed by atoms with Crippen molar-refractivity contribution in [2.24, 2.45) is 0 Å². The molecular formula is C10HF19O2. The van der Waals surface area contributed by atoms with Gasteiger partial charge in [0.1, 0.15) is 0 Å². The molecule has 0 atom stereocenters. The highest BCUT2D eigenvalue weighted by Gasteiger charge is 2.97. The van der Waals surface area contributed by atoms with Gasteiger partial charge in [0.05, 0.1) is 0 Å². The number of rotatable bonds is 8. The molecular weight excluding hydrogens is 515 g/mol. The van der Waals surface area contributed by atoms with E-state index in [1.54, 1.807) is 0 Å². The first-order chi connectivity index (χ1) is 12.9. The lowest BCUT2D eigenvalue weighted by Crippen LogP contribution is -2.76. The summed E-state index contributed by atoms with van der Waals surface area (Å²) in [4.78, 5) is 9.80. The Labute approximate surface area is 154 Å². The molecule has 21 heteroatoms. The second-order valence-electron chi connectivity index (χ2n) is 5.40. The van der Waals surface area contributed by atoms with E-state index < -0.39 is 59.5 Å². The number of aliphatic carboxylic acids is 1. The van der Waals surface area contributed by atoms with Crippen LogP contribution in [-0.2, 0) is 4.79 Å². The lowest BCUT2D eigenvalue weighted by molar-refractivity contribution is -0.467. The molecule has 0 unspecified atom stereocenters. The van der Waals surface area contributed by atoms with Gasteiger partial charge in [-0.1, -0.05) is 0 Å². The van der Waals surface area contributed by atoms with Gasteiger partial charge in [-0.25, -0.2) is 4.79 Å². The molecule has 0 saturated heterocycles. The Morgan fingerprint density at radius 3 is 0.774 bits per heavy atom. The molecule has 2 nitrogen and oxygen atoms in total. The zero-order valence-corrected chi connectivity index (χ0v) is 13.0. The Hall–Kier alpha value is -1.86. The van der Waals surface area contributed by atoms with Crippen LogP contribution in [0.15, 0.2) is 0 Å². The molecule has 0 spiro atoms. The lowest BCUT2D eigenvalue weighted by atomic mass is 9.90. The number of hydrogen-bond acceptors (Lipinski definition) is 1. The molecule has 0 bridgehead atoms. The van der Waals surface area contributed by atoms with E-state index in [1.807, 2.05) is 0 Å². The molecule has 0 aliphatic heterocycles. The Bertz CT molecular complexity index is 701. The van der Waals surface area contributed by atoms with E-state index in [2.05, 4.69) is 0 Å². The molecule has 0 aliphatic carbocycles. The maximum atomic E-state index is 13.1. The third kappa shape index (κ3) is 3.32. The maximum Gasteiger partial charge on any atom is 0.460 e. The van der Waals surface area contributed by atoms with E-state index in [0.29, 0.717) is 0 Å². The van der Waals surface area contributed by atoms with Crippen molar-refractivity contribution in [1.29, 1.82) is 0 Å². The molecule has 0 amide bonds. The molecule has 0 fully saturated rings. The molecule has 0 aromatic heterocycles. The summed E-state index contributed by atoms with van der Waals surface area (Å²) in [6.45, 7) is 0. The Morgan fingerprint density at radius 2 is 0.581 bits per heavy atom. The summed E-state index contributed by atoms with van der Waals surface area (Å²) < 4.78 is 242. The van der Waals surface area contributed by atoms with E-state index in [-0.39, 0.29) is 0 Å². The molecule has 0 heterocycles. The summed E-state index contributed by atoms with van der Waals surface area (Å²) in [5.74, 6) is -73.3. The van der Waals surface area contributed by atoms with Gasteiger partial charge in [0.2, 0.25) is 0 Å². The summed E-state index contributed by atoms with van der Waals surface area (Å²) in [5, 5.41) is 7.61. The topological polar surface area (TPSA) is 37.3 Å². The fourth-order valence-corrected chi connectivity index (χ4v) is 1.50. The maximum absolute atomic E-state index is 13.1. The van der Waals surface area contributed by atoms with Gasteiger partial charge in [0, 0.05) is 0 Å². The van der Waals surface area contributed by atoms with Crippen LogP contribution in [0.2, 0.25) is 0 Å². The highest BCUT2D eigenvalue weighted by atomic mass is 19.4. The summed E-state index contributed by atoms with van der Waals surface area (Å²) in [7, 11) is 0. The second kappa shape index (κ2) is 6.82. The zero-order valence-electron chi connectivity index (χ0n) is 13.0. The SMILES string of the molecule is O=[13C](O)[13C](F)(F)C(F)(F)C(F)(F)C(F)(F)C(F)(F)C(F)(F)C(F)(F)C(F)(F)C(F)(F)F. The summed E-state index contributed by atoms with van der Waals surface area (Å²) >= 11 is 0.